The minimum atomic E-state index is -4.15. The number of fused-ring (bicyclic) bond motifs is 3. The number of hydrogen-bond acceptors (Lipinski definition) is 3. The van der Waals surface area contributed by atoms with Crippen molar-refractivity contribution in [1.82, 2.24) is 14.4 Å². The van der Waals surface area contributed by atoms with Gasteiger partial charge in [-0.1, -0.05) is 36.4 Å². The monoisotopic (exact) mass is 391 g/mol. The van der Waals surface area contributed by atoms with Gasteiger partial charge in [-0.05, 0) is 12.1 Å². The summed E-state index contributed by atoms with van der Waals surface area (Å²) < 4.78 is 39.7. The molecule has 0 amide bonds. The van der Waals surface area contributed by atoms with Crippen LogP contribution in [0.2, 0.25) is 0 Å². The van der Waals surface area contributed by atoms with Gasteiger partial charge >= 0.3 is 6.18 Å². The standard InChI is InChI=1S/C21H24F3N3O/c22-21(23,24)15-26-11-9-25(10-12-26)13-16(28)14-27-19-7-3-1-5-17(19)18-6-2-4-8-20(18)27/h1-8,16,28H,9-15H2/t16-/m0/s1. The van der Waals surface area contributed by atoms with Crippen LogP contribution in [-0.2, 0) is 6.54 Å². The molecule has 0 aliphatic carbocycles. The average Bonchev–Trinajstić information content (AvgIpc) is 2.97. The molecule has 0 bridgehead atoms. The fraction of sp³-hybridized carbons (Fsp3) is 0.429. The van der Waals surface area contributed by atoms with E-state index in [0.29, 0.717) is 39.3 Å². The second-order valence-corrected chi connectivity index (χ2v) is 7.49. The van der Waals surface area contributed by atoms with Crippen LogP contribution in [0.3, 0.4) is 0 Å². The molecule has 4 rings (SSSR count). The predicted molar refractivity (Wildman–Crippen MR) is 104 cm³/mol. The van der Waals surface area contributed by atoms with Crippen molar-refractivity contribution in [2.45, 2.75) is 18.8 Å². The molecule has 1 saturated heterocycles. The quantitative estimate of drug-likeness (QED) is 0.724. The topological polar surface area (TPSA) is 31.6 Å². The minimum absolute atomic E-state index is 0.377. The summed E-state index contributed by atoms with van der Waals surface area (Å²) in [6.07, 6.45) is -4.74. The first-order chi connectivity index (χ1) is 13.4. The zero-order chi connectivity index (χ0) is 19.7. The van der Waals surface area contributed by atoms with Gasteiger partial charge in [0.1, 0.15) is 0 Å². The van der Waals surface area contributed by atoms with Gasteiger partial charge in [0.15, 0.2) is 0 Å². The molecule has 1 aromatic heterocycles. The molecule has 1 fully saturated rings. The zero-order valence-corrected chi connectivity index (χ0v) is 15.6. The van der Waals surface area contributed by atoms with Crippen LogP contribution in [0.1, 0.15) is 0 Å². The van der Waals surface area contributed by atoms with E-state index in [2.05, 4.69) is 28.8 Å². The second kappa shape index (κ2) is 7.73. The summed E-state index contributed by atoms with van der Waals surface area (Å²) >= 11 is 0. The summed E-state index contributed by atoms with van der Waals surface area (Å²) in [5.41, 5.74) is 2.16. The summed E-state index contributed by atoms with van der Waals surface area (Å²) in [5.74, 6) is 0. The molecule has 0 radical (unpaired) electrons. The lowest BCUT2D eigenvalue weighted by Gasteiger charge is -2.35. The van der Waals surface area contributed by atoms with Crippen molar-refractivity contribution in [3.63, 3.8) is 0 Å². The maximum atomic E-state index is 12.5. The van der Waals surface area contributed by atoms with Crippen LogP contribution >= 0.6 is 0 Å². The van der Waals surface area contributed by atoms with Gasteiger partial charge in [-0.25, -0.2) is 0 Å². The number of halogens is 3. The number of aliphatic hydroxyl groups excluding tert-OH is 1. The third-order valence-electron chi connectivity index (χ3n) is 5.41. The first-order valence-corrected chi connectivity index (χ1v) is 9.56. The second-order valence-electron chi connectivity index (χ2n) is 7.49. The Bertz CT molecular complexity index is 892. The maximum absolute atomic E-state index is 12.5. The number of hydrogen-bond donors (Lipinski definition) is 1. The molecule has 150 valence electrons. The molecular weight excluding hydrogens is 367 g/mol. The fourth-order valence-corrected chi connectivity index (χ4v) is 4.15. The van der Waals surface area contributed by atoms with Crippen LogP contribution in [0.5, 0.6) is 0 Å². The summed E-state index contributed by atoms with van der Waals surface area (Å²) in [5, 5.41) is 13.0. The first kappa shape index (κ1) is 19.2. The molecule has 1 N–H and O–H groups in total. The van der Waals surface area contributed by atoms with E-state index in [9.17, 15) is 18.3 Å². The van der Waals surface area contributed by atoms with Crippen molar-refractivity contribution in [3.8, 4) is 0 Å². The van der Waals surface area contributed by atoms with Crippen molar-refractivity contribution in [1.29, 1.82) is 0 Å². The highest BCUT2D eigenvalue weighted by atomic mass is 19.4. The van der Waals surface area contributed by atoms with Gasteiger partial charge in [-0.3, -0.25) is 9.80 Å². The van der Waals surface area contributed by atoms with E-state index in [1.54, 1.807) is 0 Å². The summed E-state index contributed by atoms with van der Waals surface area (Å²) in [6, 6.07) is 16.3. The Balaban J connectivity index is 1.43. The van der Waals surface area contributed by atoms with E-state index < -0.39 is 18.8 Å². The van der Waals surface area contributed by atoms with Crippen LogP contribution in [0.15, 0.2) is 48.5 Å². The van der Waals surface area contributed by atoms with Crippen molar-refractivity contribution in [3.05, 3.63) is 48.5 Å². The highest BCUT2D eigenvalue weighted by Gasteiger charge is 2.32. The van der Waals surface area contributed by atoms with E-state index in [-0.39, 0.29) is 0 Å². The lowest BCUT2D eigenvalue weighted by molar-refractivity contribution is -0.149. The molecule has 4 nitrogen and oxygen atoms in total. The Morgan fingerprint density at radius 2 is 1.29 bits per heavy atom. The Kier molecular flexibility index (Phi) is 5.31. The number of nitrogens with zero attached hydrogens (tertiary/aromatic N) is 3. The molecular formula is C21H24F3N3O. The third-order valence-corrected chi connectivity index (χ3v) is 5.41. The molecule has 0 unspecified atom stereocenters. The van der Waals surface area contributed by atoms with E-state index in [1.807, 2.05) is 29.2 Å². The van der Waals surface area contributed by atoms with E-state index in [0.717, 1.165) is 21.8 Å². The van der Waals surface area contributed by atoms with Crippen LogP contribution in [0.25, 0.3) is 21.8 Å². The van der Waals surface area contributed by atoms with Gasteiger partial charge in [0.2, 0.25) is 0 Å². The Hall–Kier alpha value is -2.09. The molecule has 0 spiro atoms. The van der Waals surface area contributed by atoms with Gasteiger partial charge in [0.05, 0.1) is 19.2 Å². The lowest BCUT2D eigenvalue weighted by Crippen LogP contribution is -2.51. The molecule has 1 aliphatic heterocycles. The van der Waals surface area contributed by atoms with Crippen molar-refractivity contribution in [2.75, 3.05) is 39.3 Å². The third kappa shape index (κ3) is 4.16. The summed E-state index contributed by atoms with van der Waals surface area (Å²) in [6.45, 7) is 1.89. The van der Waals surface area contributed by atoms with Gasteiger partial charge in [-0.2, -0.15) is 13.2 Å². The highest BCUT2D eigenvalue weighted by Crippen LogP contribution is 2.29. The maximum Gasteiger partial charge on any atom is 0.401 e. The first-order valence-electron chi connectivity index (χ1n) is 9.56. The summed E-state index contributed by atoms with van der Waals surface area (Å²) in [7, 11) is 0. The number of piperazine rings is 1. The fourth-order valence-electron chi connectivity index (χ4n) is 4.15. The molecule has 0 saturated carbocycles. The van der Waals surface area contributed by atoms with Crippen LogP contribution in [0, 0.1) is 0 Å². The van der Waals surface area contributed by atoms with Crippen molar-refractivity contribution in [2.24, 2.45) is 0 Å². The molecule has 2 heterocycles. The zero-order valence-electron chi connectivity index (χ0n) is 15.6. The molecule has 28 heavy (non-hydrogen) atoms. The SMILES string of the molecule is O[C@@H](CN1CCN(CC(F)(F)F)CC1)Cn1c2ccccc2c2ccccc21. The number of para-hydroxylation sites is 2. The summed E-state index contributed by atoms with van der Waals surface area (Å²) in [4.78, 5) is 3.47. The van der Waals surface area contributed by atoms with Gasteiger partial charge in [0.25, 0.3) is 0 Å². The number of benzene rings is 2. The normalized spacial score (nSPS) is 18.1. The molecule has 3 aromatic rings. The molecule has 1 atom stereocenters. The van der Waals surface area contributed by atoms with Gasteiger partial charge in [0, 0.05) is 54.5 Å². The van der Waals surface area contributed by atoms with E-state index in [1.165, 1.54) is 4.90 Å². The van der Waals surface area contributed by atoms with Crippen molar-refractivity contribution >= 4 is 21.8 Å². The Labute approximate surface area is 161 Å². The smallest absolute Gasteiger partial charge is 0.390 e. The predicted octanol–water partition coefficient (Wildman–Crippen LogP) is 3.34. The average molecular weight is 391 g/mol. The Morgan fingerprint density at radius 3 is 1.82 bits per heavy atom. The number of aromatic nitrogens is 1. The number of alkyl halides is 3. The number of β-amino-alcohol motifs (C(OH)–C–C–N with tert-alkyl or cyclic N) is 1. The molecule has 7 heteroatoms. The van der Waals surface area contributed by atoms with Crippen LogP contribution in [0.4, 0.5) is 13.2 Å². The van der Waals surface area contributed by atoms with Gasteiger partial charge in [-0.15, -0.1) is 0 Å². The Morgan fingerprint density at radius 1 is 0.786 bits per heavy atom. The van der Waals surface area contributed by atoms with Crippen molar-refractivity contribution < 1.29 is 18.3 Å². The largest absolute Gasteiger partial charge is 0.401 e. The molecule has 1 aliphatic rings. The molecule has 2 aromatic carbocycles. The van der Waals surface area contributed by atoms with Crippen LogP contribution in [-0.4, -0.2) is 71.0 Å². The number of rotatable bonds is 5. The lowest BCUT2D eigenvalue weighted by atomic mass is 10.2. The van der Waals surface area contributed by atoms with Gasteiger partial charge < -0.3 is 9.67 Å². The van der Waals surface area contributed by atoms with E-state index >= 15 is 0 Å². The van der Waals surface area contributed by atoms with E-state index in [4.69, 9.17) is 0 Å². The number of aliphatic hydroxyl groups is 1. The minimum Gasteiger partial charge on any atom is -0.390 e. The highest BCUT2D eigenvalue weighted by molar-refractivity contribution is 6.07. The van der Waals surface area contributed by atoms with Crippen LogP contribution < -0.4 is 0 Å².